The van der Waals surface area contributed by atoms with E-state index in [9.17, 15) is 0 Å². The summed E-state index contributed by atoms with van der Waals surface area (Å²) in [5, 5.41) is 3.32. The zero-order chi connectivity index (χ0) is 11.2. The van der Waals surface area contributed by atoms with Crippen molar-refractivity contribution < 1.29 is 16.9 Å². The van der Waals surface area contributed by atoms with Crippen LogP contribution in [0, 0.1) is 5.41 Å². The van der Waals surface area contributed by atoms with Crippen molar-refractivity contribution in [1.82, 2.24) is 5.32 Å². The molecule has 0 saturated heterocycles. The van der Waals surface area contributed by atoms with Crippen LogP contribution >= 0.6 is 0 Å². The molecule has 0 atom stereocenters. The Morgan fingerprint density at radius 2 is 1.73 bits per heavy atom. The van der Waals surface area contributed by atoms with Gasteiger partial charge in [0.15, 0.2) is 0 Å². The summed E-state index contributed by atoms with van der Waals surface area (Å²) in [6, 6.07) is 0. The van der Waals surface area contributed by atoms with Crippen molar-refractivity contribution >= 4 is 0 Å². The number of halogens is 1. The van der Waals surface area contributed by atoms with Crippen molar-refractivity contribution in [1.29, 1.82) is 0 Å². The molecule has 0 spiro atoms. The molecule has 0 aromatic carbocycles. The Bertz CT molecular complexity index is 181. The topological polar surface area (TPSA) is 12.0 Å². The average molecular weight is 235 g/mol. The van der Waals surface area contributed by atoms with Gasteiger partial charge in [0.2, 0.25) is 0 Å². The lowest BCUT2D eigenvalue weighted by molar-refractivity contribution is -0.871. The van der Waals surface area contributed by atoms with Gasteiger partial charge in [0.25, 0.3) is 0 Å². The van der Waals surface area contributed by atoms with Gasteiger partial charge in [-0.25, -0.2) is 0 Å². The Labute approximate surface area is 102 Å². The van der Waals surface area contributed by atoms with E-state index in [1.807, 2.05) is 19.2 Å². The van der Waals surface area contributed by atoms with Crippen molar-refractivity contribution in [2.24, 2.45) is 5.41 Å². The molecular formula is C12H27ClN2. The zero-order valence-corrected chi connectivity index (χ0v) is 11.9. The number of hydrogen-bond acceptors (Lipinski definition) is 1. The average Bonchev–Trinajstić information content (AvgIpc) is 2.00. The van der Waals surface area contributed by atoms with Gasteiger partial charge in [0.05, 0.1) is 27.7 Å². The van der Waals surface area contributed by atoms with Gasteiger partial charge in [-0.3, -0.25) is 0 Å². The van der Waals surface area contributed by atoms with E-state index in [0.29, 0.717) is 5.41 Å². The minimum absolute atomic E-state index is 0. The van der Waals surface area contributed by atoms with Crippen LogP contribution in [0.25, 0.3) is 0 Å². The minimum atomic E-state index is 0. The fraction of sp³-hybridized carbons (Fsp3) is 0.833. The number of allylic oxidation sites excluding steroid dienone is 1. The SMILES string of the molecule is CC=CNCC(C)(C)CC[N+](C)(C)C.[Cl-]. The highest BCUT2D eigenvalue weighted by atomic mass is 35.5. The maximum atomic E-state index is 3.32. The Morgan fingerprint density at radius 3 is 2.13 bits per heavy atom. The third kappa shape index (κ3) is 11.7. The maximum absolute atomic E-state index is 3.32. The van der Waals surface area contributed by atoms with Gasteiger partial charge < -0.3 is 22.2 Å². The van der Waals surface area contributed by atoms with Crippen LogP contribution < -0.4 is 17.7 Å². The summed E-state index contributed by atoms with van der Waals surface area (Å²) in [7, 11) is 6.74. The summed E-state index contributed by atoms with van der Waals surface area (Å²) in [4.78, 5) is 0. The third-order valence-electron chi connectivity index (χ3n) is 2.32. The quantitative estimate of drug-likeness (QED) is 0.596. The summed E-state index contributed by atoms with van der Waals surface area (Å²) >= 11 is 0. The molecule has 92 valence electrons. The minimum Gasteiger partial charge on any atom is -1.00 e. The van der Waals surface area contributed by atoms with Gasteiger partial charge in [-0.2, -0.15) is 0 Å². The summed E-state index contributed by atoms with van der Waals surface area (Å²) in [5.74, 6) is 0. The molecule has 0 rings (SSSR count). The second kappa shape index (κ2) is 7.13. The van der Waals surface area contributed by atoms with Crippen LogP contribution in [0.4, 0.5) is 0 Å². The second-order valence-electron chi connectivity index (χ2n) is 5.81. The first-order chi connectivity index (χ1) is 6.27. The van der Waals surface area contributed by atoms with Crippen LogP contribution in [-0.2, 0) is 0 Å². The Morgan fingerprint density at radius 1 is 1.20 bits per heavy atom. The predicted octanol–water partition coefficient (Wildman–Crippen LogP) is -0.764. The van der Waals surface area contributed by atoms with Crippen LogP contribution in [0.1, 0.15) is 27.2 Å². The highest BCUT2D eigenvalue weighted by molar-refractivity contribution is 4.79. The van der Waals surface area contributed by atoms with E-state index in [2.05, 4.69) is 40.3 Å². The van der Waals surface area contributed by atoms with Gasteiger partial charge >= 0.3 is 0 Å². The van der Waals surface area contributed by atoms with Gasteiger partial charge in [-0.05, 0) is 18.5 Å². The van der Waals surface area contributed by atoms with Gasteiger partial charge in [-0.15, -0.1) is 0 Å². The Balaban J connectivity index is 0. The first kappa shape index (κ1) is 17.2. The number of nitrogens with zero attached hydrogens (tertiary/aromatic N) is 1. The molecule has 0 aromatic rings. The summed E-state index contributed by atoms with van der Waals surface area (Å²) in [6.07, 6.45) is 5.31. The molecule has 0 amide bonds. The second-order valence-corrected chi connectivity index (χ2v) is 5.81. The molecule has 1 N–H and O–H groups in total. The lowest BCUT2D eigenvalue weighted by Crippen LogP contribution is -3.00. The molecule has 0 bridgehead atoms. The standard InChI is InChI=1S/C12H27N2.ClH/c1-7-9-13-11-12(2,3)8-10-14(4,5)6;/h7,9,13H,8,10-11H2,1-6H3;1H/q+1;/p-1. The van der Waals surface area contributed by atoms with Crippen molar-refractivity contribution in [3.05, 3.63) is 12.3 Å². The summed E-state index contributed by atoms with van der Waals surface area (Å²) in [6.45, 7) is 8.95. The number of quaternary nitrogens is 1. The van der Waals surface area contributed by atoms with Crippen molar-refractivity contribution in [2.75, 3.05) is 34.2 Å². The van der Waals surface area contributed by atoms with Gasteiger partial charge in [0, 0.05) is 13.0 Å². The van der Waals surface area contributed by atoms with E-state index in [1.165, 1.54) is 13.0 Å². The molecule has 0 heterocycles. The molecule has 0 aromatic heterocycles. The maximum Gasteiger partial charge on any atom is 0.0786 e. The molecule has 0 aliphatic heterocycles. The van der Waals surface area contributed by atoms with E-state index in [4.69, 9.17) is 0 Å². The summed E-state index contributed by atoms with van der Waals surface area (Å²) < 4.78 is 1.05. The van der Waals surface area contributed by atoms with Crippen LogP contribution in [0.2, 0.25) is 0 Å². The normalized spacial score (nSPS) is 12.7. The van der Waals surface area contributed by atoms with Crippen LogP contribution in [0.15, 0.2) is 12.3 Å². The third-order valence-corrected chi connectivity index (χ3v) is 2.32. The largest absolute Gasteiger partial charge is 1.00 e. The van der Waals surface area contributed by atoms with Crippen molar-refractivity contribution in [3.8, 4) is 0 Å². The van der Waals surface area contributed by atoms with E-state index >= 15 is 0 Å². The van der Waals surface area contributed by atoms with Gasteiger partial charge in [0.1, 0.15) is 0 Å². The molecule has 2 nitrogen and oxygen atoms in total. The molecule has 0 radical (unpaired) electrons. The van der Waals surface area contributed by atoms with E-state index in [0.717, 1.165) is 11.0 Å². The zero-order valence-electron chi connectivity index (χ0n) is 11.1. The molecule has 0 aliphatic rings. The molecule has 0 saturated carbocycles. The molecule has 0 unspecified atom stereocenters. The number of hydrogen-bond donors (Lipinski definition) is 1. The molecule has 0 fully saturated rings. The van der Waals surface area contributed by atoms with E-state index in [1.54, 1.807) is 0 Å². The van der Waals surface area contributed by atoms with Crippen LogP contribution in [0.5, 0.6) is 0 Å². The summed E-state index contributed by atoms with van der Waals surface area (Å²) in [5.41, 5.74) is 0.380. The van der Waals surface area contributed by atoms with Crippen LogP contribution in [0.3, 0.4) is 0 Å². The van der Waals surface area contributed by atoms with E-state index < -0.39 is 0 Å². The van der Waals surface area contributed by atoms with E-state index in [-0.39, 0.29) is 12.4 Å². The molecular weight excluding hydrogens is 208 g/mol. The van der Waals surface area contributed by atoms with Crippen molar-refractivity contribution in [2.45, 2.75) is 27.2 Å². The molecule has 3 heteroatoms. The molecule has 0 aliphatic carbocycles. The lowest BCUT2D eigenvalue weighted by atomic mass is 9.89. The highest BCUT2D eigenvalue weighted by Crippen LogP contribution is 2.20. The lowest BCUT2D eigenvalue weighted by Gasteiger charge is -2.30. The number of rotatable bonds is 6. The first-order valence-electron chi connectivity index (χ1n) is 5.42. The van der Waals surface area contributed by atoms with Crippen molar-refractivity contribution in [3.63, 3.8) is 0 Å². The first-order valence-corrected chi connectivity index (χ1v) is 5.42. The van der Waals surface area contributed by atoms with Gasteiger partial charge in [-0.1, -0.05) is 19.9 Å². The highest BCUT2D eigenvalue weighted by Gasteiger charge is 2.20. The monoisotopic (exact) mass is 234 g/mol. The predicted molar refractivity (Wildman–Crippen MR) is 64.1 cm³/mol. The molecule has 15 heavy (non-hydrogen) atoms. The Kier molecular flexibility index (Phi) is 8.17. The number of nitrogens with one attached hydrogen (secondary N) is 1. The Hall–Kier alpha value is -0.210. The fourth-order valence-electron chi connectivity index (χ4n) is 1.18. The fourth-order valence-corrected chi connectivity index (χ4v) is 1.18. The smallest absolute Gasteiger partial charge is 0.0786 e. The van der Waals surface area contributed by atoms with Crippen LogP contribution in [-0.4, -0.2) is 38.7 Å².